The van der Waals surface area contributed by atoms with Gasteiger partial charge in [0.2, 0.25) is 5.43 Å². The van der Waals surface area contributed by atoms with Gasteiger partial charge in [0.25, 0.3) is 0 Å². The molecule has 2 radical (unpaired) electrons. The zero-order valence-corrected chi connectivity index (χ0v) is 15.4. The van der Waals surface area contributed by atoms with Gasteiger partial charge < -0.3 is 9.52 Å². The number of phenolic OH excluding ortho intramolecular Hbond substituents is 1. The zero-order valence-electron chi connectivity index (χ0n) is 10.6. The van der Waals surface area contributed by atoms with E-state index in [-0.39, 0.29) is 16.6 Å². The zero-order chi connectivity index (χ0) is 15.5. The van der Waals surface area contributed by atoms with E-state index in [0.717, 1.165) is 16.5 Å². The molecule has 3 nitrogen and oxygen atoms in total. The van der Waals surface area contributed by atoms with Crippen LogP contribution in [0, 0.1) is 6.92 Å². The number of rotatable bonds is 0. The summed E-state index contributed by atoms with van der Waals surface area (Å²) >= 11 is 9.80. The monoisotopic (exact) mass is 470 g/mol. The second-order valence-electron chi connectivity index (χ2n) is 4.61. The first kappa shape index (κ1) is 15.1. The summed E-state index contributed by atoms with van der Waals surface area (Å²) in [7, 11) is 5.79. The van der Waals surface area contributed by atoms with Gasteiger partial charge in [-0.15, -0.1) is 0 Å². The molecule has 7 heteroatoms. The summed E-state index contributed by atoms with van der Waals surface area (Å²) in [5.41, 5.74) is 2.19. The van der Waals surface area contributed by atoms with Gasteiger partial charge in [0, 0.05) is 10.9 Å². The van der Waals surface area contributed by atoms with Crippen LogP contribution in [-0.4, -0.2) is 13.0 Å². The molecule has 21 heavy (non-hydrogen) atoms. The third-order valence-electron chi connectivity index (χ3n) is 3.37. The molecule has 1 N–H and O–H groups in total. The highest BCUT2D eigenvalue weighted by molar-refractivity contribution is 9.11. The maximum Gasteiger partial charge on any atom is 0.210 e. The SMILES string of the molecule is [B]c1cc2c(C)c3cc(Br)c(=O)c(Br)c-3oc2c(Br)c1O. The van der Waals surface area contributed by atoms with E-state index in [4.69, 9.17) is 12.3 Å². The molecule has 0 bridgehead atoms. The largest absolute Gasteiger partial charge is 0.507 e. The Hall–Kier alpha value is -0.785. The smallest absolute Gasteiger partial charge is 0.210 e. The minimum atomic E-state index is -0.194. The lowest BCUT2D eigenvalue weighted by Crippen LogP contribution is -2.08. The van der Waals surface area contributed by atoms with Crippen LogP contribution in [0.15, 0.2) is 34.8 Å². The molecule has 0 saturated heterocycles. The molecule has 1 heterocycles. The summed E-state index contributed by atoms with van der Waals surface area (Å²) in [6.45, 7) is 1.91. The average Bonchev–Trinajstić information content (AvgIpc) is 2.45. The maximum atomic E-state index is 12.0. The van der Waals surface area contributed by atoms with Crippen molar-refractivity contribution < 1.29 is 9.52 Å². The molecule has 0 amide bonds. The van der Waals surface area contributed by atoms with Gasteiger partial charge in [0.15, 0.2) is 11.3 Å². The third kappa shape index (κ3) is 2.17. The topological polar surface area (TPSA) is 50.4 Å². The summed E-state index contributed by atoms with van der Waals surface area (Å²) in [5, 5.41) is 10.7. The van der Waals surface area contributed by atoms with Crippen molar-refractivity contribution in [1.82, 2.24) is 0 Å². The van der Waals surface area contributed by atoms with Crippen molar-refractivity contribution in [3.63, 3.8) is 0 Å². The molecule has 0 aromatic heterocycles. The van der Waals surface area contributed by atoms with Crippen molar-refractivity contribution >= 4 is 72.1 Å². The normalized spacial score (nSPS) is 11.4. The van der Waals surface area contributed by atoms with E-state index in [1.807, 2.05) is 6.92 Å². The summed E-state index contributed by atoms with van der Waals surface area (Å²) in [6.07, 6.45) is 0. The minimum Gasteiger partial charge on any atom is -0.507 e. The number of fused-ring (bicyclic) bond motifs is 2. The second kappa shape index (κ2) is 5.14. The molecule has 0 saturated carbocycles. The maximum absolute atomic E-state index is 12.0. The van der Waals surface area contributed by atoms with E-state index in [2.05, 4.69) is 47.8 Å². The van der Waals surface area contributed by atoms with Crippen LogP contribution >= 0.6 is 47.8 Å². The van der Waals surface area contributed by atoms with Crippen LogP contribution in [0.25, 0.3) is 22.3 Å². The van der Waals surface area contributed by atoms with Gasteiger partial charge >= 0.3 is 0 Å². The average molecular weight is 473 g/mol. The number of phenols is 1. The molecular weight excluding hydrogens is 467 g/mol. The Bertz CT molecular complexity index is 933. The predicted molar refractivity (Wildman–Crippen MR) is 94.0 cm³/mol. The second-order valence-corrected chi connectivity index (χ2v) is 7.05. The highest BCUT2D eigenvalue weighted by atomic mass is 79.9. The van der Waals surface area contributed by atoms with Crippen LogP contribution in [0.4, 0.5) is 0 Å². The third-order valence-corrected chi connectivity index (χ3v) is 5.41. The first-order chi connectivity index (χ1) is 9.82. The summed E-state index contributed by atoms with van der Waals surface area (Å²) in [6, 6.07) is 3.37. The fraction of sp³-hybridized carbons (Fsp3) is 0.0714. The summed E-state index contributed by atoms with van der Waals surface area (Å²) in [5.74, 6) is 0.346. The lowest BCUT2D eigenvalue weighted by atomic mass is 9.91. The Morgan fingerprint density at radius 1 is 1.19 bits per heavy atom. The van der Waals surface area contributed by atoms with Crippen LogP contribution < -0.4 is 10.9 Å². The van der Waals surface area contributed by atoms with Crippen molar-refractivity contribution in [2.45, 2.75) is 6.92 Å². The lowest BCUT2D eigenvalue weighted by Gasteiger charge is -2.16. The molecule has 3 rings (SSSR count). The predicted octanol–water partition coefficient (Wildman–Crippen LogP) is 3.99. The lowest BCUT2D eigenvalue weighted by molar-refractivity contribution is 0.475. The molecule has 1 aliphatic heterocycles. The molecule has 1 aliphatic carbocycles. The Kier molecular flexibility index (Phi) is 3.70. The number of halogens is 3. The Morgan fingerprint density at radius 3 is 2.52 bits per heavy atom. The van der Waals surface area contributed by atoms with E-state index in [1.165, 1.54) is 0 Å². The van der Waals surface area contributed by atoms with E-state index >= 15 is 0 Å². The number of aryl methyl sites for hydroxylation is 1. The van der Waals surface area contributed by atoms with Crippen molar-refractivity contribution in [3.05, 3.63) is 41.3 Å². The van der Waals surface area contributed by atoms with Gasteiger partial charge in [-0.05, 0) is 66.3 Å². The van der Waals surface area contributed by atoms with E-state index < -0.39 is 0 Å². The first-order valence-corrected chi connectivity index (χ1v) is 8.23. The molecule has 0 fully saturated rings. The van der Waals surface area contributed by atoms with Crippen LogP contribution in [0.5, 0.6) is 5.75 Å². The number of benzene rings is 2. The van der Waals surface area contributed by atoms with E-state index in [0.29, 0.717) is 24.8 Å². The molecule has 104 valence electrons. The summed E-state index contributed by atoms with van der Waals surface area (Å²) in [4.78, 5) is 12.0. The Labute approximate surface area is 146 Å². The van der Waals surface area contributed by atoms with Crippen molar-refractivity contribution in [2.24, 2.45) is 0 Å². The number of aromatic hydroxyl groups is 1. The first-order valence-electron chi connectivity index (χ1n) is 5.85. The highest BCUT2D eigenvalue weighted by Gasteiger charge is 2.22. The molecule has 2 aliphatic rings. The van der Waals surface area contributed by atoms with Gasteiger partial charge in [-0.25, -0.2) is 0 Å². The Morgan fingerprint density at radius 2 is 1.86 bits per heavy atom. The molecule has 0 unspecified atom stereocenters. The Balaban J connectivity index is 2.63. The fourth-order valence-electron chi connectivity index (χ4n) is 2.23. The van der Waals surface area contributed by atoms with Crippen molar-refractivity contribution in [3.8, 4) is 17.1 Å². The molecule has 1 aromatic carbocycles. The standard InChI is InChI=1S/C14H6BBr3O3/c1-4-5-2-7(15)11(19)9(17)13(5)21-14-6(4)3-8(16)12(20)10(14)18/h2-3,19H,1H3. The van der Waals surface area contributed by atoms with E-state index in [1.54, 1.807) is 12.1 Å². The molecule has 0 atom stereocenters. The van der Waals surface area contributed by atoms with Gasteiger partial charge in [0.1, 0.15) is 22.5 Å². The molecular formula is C14H6BBr3O3. The minimum absolute atomic E-state index is 0.0828. The van der Waals surface area contributed by atoms with Crippen molar-refractivity contribution in [1.29, 1.82) is 0 Å². The van der Waals surface area contributed by atoms with Crippen LogP contribution in [0.2, 0.25) is 0 Å². The fourth-order valence-corrected chi connectivity index (χ4v) is 3.95. The van der Waals surface area contributed by atoms with Gasteiger partial charge in [-0.2, -0.15) is 0 Å². The molecule has 1 aromatic rings. The van der Waals surface area contributed by atoms with Gasteiger partial charge in [0.05, 0.1) is 4.47 Å². The summed E-state index contributed by atoms with van der Waals surface area (Å²) < 4.78 is 6.98. The quantitative estimate of drug-likeness (QED) is 0.398. The van der Waals surface area contributed by atoms with Gasteiger partial charge in [-0.1, -0.05) is 11.5 Å². The molecule has 0 spiro atoms. The van der Waals surface area contributed by atoms with Crippen LogP contribution in [0.3, 0.4) is 0 Å². The number of hydrogen-bond acceptors (Lipinski definition) is 3. The van der Waals surface area contributed by atoms with Crippen molar-refractivity contribution in [2.75, 3.05) is 0 Å². The highest BCUT2D eigenvalue weighted by Crippen LogP contribution is 2.41. The van der Waals surface area contributed by atoms with E-state index in [9.17, 15) is 9.90 Å². The van der Waals surface area contributed by atoms with Crippen LogP contribution in [0.1, 0.15) is 5.56 Å². The van der Waals surface area contributed by atoms with Gasteiger partial charge in [-0.3, -0.25) is 4.79 Å². The number of hydrogen-bond donors (Lipinski definition) is 1. The van der Waals surface area contributed by atoms with Crippen LogP contribution in [-0.2, 0) is 0 Å².